The number of carbonyl (C=O) groups excluding carboxylic acids is 1. The van der Waals surface area contributed by atoms with Gasteiger partial charge in [0.15, 0.2) is 0 Å². The molecule has 2 aromatic heterocycles. The lowest BCUT2D eigenvalue weighted by Gasteiger charge is -2.19. The topological polar surface area (TPSA) is 82.2 Å². The van der Waals surface area contributed by atoms with Crippen molar-refractivity contribution in [1.29, 1.82) is 0 Å². The molecule has 0 unspecified atom stereocenters. The Morgan fingerprint density at radius 1 is 1.55 bits per heavy atom. The maximum Gasteiger partial charge on any atom is 0.289 e. The summed E-state index contributed by atoms with van der Waals surface area (Å²) >= 11 is 0. The minimum absolute atomic E-state index is 0.0771. The second kappa shape index (κ2) is 6.31. The van der Waals surface area contributed by atoms with Crippen LogP contribution in [0.4, 0.5) is 0 Å². The van der Waals surface area contributed by atoms with Crippen molar-refractivity contribution in [3.8, 4) is 0 Å². The van der Waals surface area contributed by atoms with Gasteiger partial charge in [0, 0.05) is 44.1 Å². The van der Waals surface area contributed by atoms with E-state index < -0.39 is 0 Å². The lowest BCUT2D eigenvalue weighted by molar-refractivity contribution is 0.0764. The first kappa shape index (κ1) is 14.8. The third-order valence-electron chi connectivity index (χ3n) is 3.93. The smallest absolute Gasteiger partial charge is 0.289 e. The van der Waals surface area contributed by atoms with Crippen molar-refractivity contribution >= 4 is 5.91 Å². The van der Waals surface area contributed by atoms with Crippen molar-refractivity contribution in [1.82, 2.24) is 20.0 Å². The summed E-state index contributed by atoms with van der Waals surface area (Å²) in [5.74, 6) is 1.13. The second-order valence-corrected chi connectivity index (χ2v) is 5.45. The summed E-state index contributed by atoms with van der Waals surface area (Å²) < 4.78 is 12.9. The Bertz CT molecular complexity index is 649. The maximum atomic E-state index is 12.0. The number of hydrogen-bond donors (Lipinski definition) is 1. The van der Waals surface area contributed by atoms with Crippen LogP contribution in [-0.4, -0.2) is 33.8 Å². The Balaban J connectivity index is 1.63. The van der Waals surface area contributed by atoms with Crippen LogP contribution in [0.3, 0.4) is 0 Å². The van der Waals surface area contributed by atoms with Gasteiger partial charge < -0.3 is 19.1 Å². The fourth-order valence-corrected chi connectivity index (χ4v) is 2.75. The average Bonchev–Trinajstić information content (AvgIpc) is 3.23. The van der Waals surface area contributed by atoms with E-state index in [0.717, 1.165) is 18.8 Å². The lowest BCUT2D eigenvalue weighted by Crippen LogP contribution is -2.31. The molecule has 0 saturated carbocycles. The number of aryl methyl sites for hydroxylation is 2. The molecule has 0 spiro atoms. The summed E-state index contributed by atoms with van der Waals surface area (Å²) in [7, 11) is 0. The predicted octanol–water partition coefficient (Wildman–Crippen LogP) is 1.71. The number of imidazole rings is 1. The van der Waals surface area contributed by atoms with Crippen molar-refractivity contribution in [3.63, 3.8) is 0 Å². The highest BCUT2D eigenvalue weighted by Crippen LogP contribution is 2.33. The number of rotatable bonds is 5. The third-order valence-corrected chi connectivity index (χ3v) is 3.93. The first-order chi connectivity index (χ1) is 10.7. The standard InChI is InChI=1S/C15H20N4O3/c1-3-19-6-5-16-14(19)13-11(4-7-21-13)9-17-15(20)12-8-10(2)18-22-12/h5-6,8,11,13H,3-4,7,9H2,1-2H3,(H,17,20)/t11-,13+/m0/s1. The number of ether oxygens (including phenoxy) is 1. The van der Waals surface area contributed by atoms with E-state index in [-0.39, 0.29) is 23.7 Å². The molecule has 3 rings (SSSR count). The summed E-state index contributed by atoms with van der Waals surface area (Å²) in [5, 5.41) is 6.62. The molecule has 7 heteroatoms. The third kappa shape index (κ3) is 2.89. The summed E-state index contributed by atoms with van der Waals surface area (Å²) in [6.07, 6.45) is 4.56. The van der Waals surface area contributed by atoms with Crippen LogP contribution < -0.4 is 5.32 Å². The van der Waals surface area contributed by atoms with Crippen molar-refractivity contribution in [3.05, 3.63) is 35.7 Å². The number of nitrogens with zero attached hydrogens (tertiary/aromatic N) is 3. The zero-order valence-corrected chi connectivity index (χ0v) is 12.8. The van der Waals surface area contributed by atoms with Gasteiger partial charge in [0.2, 0.25) is 5.76 Å². The molecule has 1 aliphatic rings. The van der Waals surface area contributed by atoms with E-state index in [2.05, 4.69) is 26.9 Å². The van der Waals surface area contributed by atoms with Crippen molar-refractivity contribution in [2.24, 2.45) is 5.92 Å². The largest absolute Gasteiger partial charge is 0.370 e. The fraction of sp³-hybridized carbons (Fsp3) is 0.533. The molecule has 2 aromatic rings. The quantitative estimate of drug-likeness (QED) is 0.909. The zero-order chi connectivity index (χ0) is 15.5. The van der Waals surface area contributed by atoms with Crippen LogP contribution in [-0.2, 0) is 11.3 Å². The van der Waals surface area contributed by atoms with Gasteiger partial charge in [0.05, 0.1) is 5.69 Å². The Hall–Kier alpha value is -2.15. The average molecular weight is 304 g/mol. The molecule has 1 aliphatic heterocycles. The minimum Gasteiger partial charge on any atom is -0.370 e. The van der Waals surface area contributed by atoms with Crippen LogP contribution in [0, 0.1) is 12.8 Å². The molecule has 7 nitrogen and oxygen atoms in total. The summed E-state index contributed by atoms with van der Waals surface area (Å²) in [6.45, 7) is 5.92. The van der Waals surface area contributed by atoms with Crippen LogP contribution >= 0.6 is 0 Å². The van der Waals surface area contributed by atoms with Gasteiger partial charge in [0.25, 0.3) is 5.91 Å². The molecule has 1 saturated heterocycles. The van der Waals surface area contributed by atoms with Crippen molar-refractivity contribution in [2.45, 2.75) is 32.9 Å². The molecule has 1 amide bonds. The number of amides is 1. The highest BCUT2D eigenvalue weighted by molar-refractivity contribution is 5.91. The van der Waals surface area contributed by atoms with Gasteiger partial charge in [-0.05, 0) is 20.3 Å². The van der Waals surface area contributed by atoms with Crippen molar-refractivity contribution < 1.29 is 14.1 Å². The molecular weight excluding hydrogens is 284 g/mol. The minimum atomic E-state index is -0.245. The van der Waals surface area contributed by atoms with Gasteiger partial charge in [-0.25, -0.2) is 4.98 Å². The molecule has 118 valence electrons. The molecule has 0 aromatic carbocycles. The van der Waals surface area contributed by atoms with Crippen LogP contribution in [0.15, 0.2) is 23.0 Å². The van der Waals surface area contributed by atoms with Crippen molar-refractivity contribution in [2.75, 3.05) is 13.2 Å². The van der Waals surface area contributed by atoms with Crippen LogP contribution in [0.25, 0.3) is 0 Å². The number of aromatic nitrogens is 3. The normalized spacial score (nSPS) is 21.2. The molecule has 3 heterocycles. The van der Waals surface area contributed by atoms with Gasteiger partial charge in [-0.2, -0.15) is 0 Å². The fourth-order valence-electron chi connectivity index (χ4n) is 2.75. The Morgan fingerprint density at radius 3 is 3.14 bits per heavy atom. The highest BCUT2D eigenvalue weighted by Gasteiger charge is 2.33. The number of carbonyl (C=O) groups is 1. The summed E-state index contributed by atoms with van der Waals surface area (Å²) in [5.41, 5.74) is 0.692. The lowest BCUT2D eigenvalue weighted by atomic mass is 10.0. The molecule has 0 bridgehead atoms. The Kier molecular flexibility index (Phi) is 4.24. The van der Waals surface area contributed by atoms with E-state index in [0.29, 0.717) is 18.8 Å². The zero-order valence-electron chi connectivity index (χ0n) is 12.8. The first-order valence-electron chi connectivity index (χ1n) is 7.53. The molecule has 22 heavy (non-hydrogen) atoms. The Labute approximate surface area is 128 Å². The molecule has 1 N–H and O–H groups in total. The van der Waals surface area contributed by atoms with Crippen LogP contribution in [0.2, 0.25) is 0 Å². The molecular formula is C15H20N4O3. The second-order valence-electron chi connectivity index (χ2n) is 5.45. The van der Waals surface area contributed by atoms with Gasteiger partial charge in [-0.1, -0.05) is 5.16 Å². The van der Waals surface area contributed by atoms with Crippen LogP contribution in [0.1, 0.15) is 41.5 Å². The van der Waals surface area contributed by atoms with Gasteiger partial charge in [-0.15, -0.1) is 0 Å². The summed E-state index contributed by atoms with van der Waals surface area (Å²) in [6, 6.07) is 1.63. The van der Waals surface area contributed by atoms with E-state index >= 15 is 0 Å². The predicted molar refractivity (Wildman–Crippen MR) is 78.3 cm³/mol. The molecule has 0 aliphatic carbocycles. The molecule has 0 radical (unpaired) electrons. The van der Waals surface area contributed by atoms with Gasteiger partial charge in [-0.3, -0.25) is 4.79 Å². The number of hydrogen-bond acceptors (Lipinski definition) is 5. The van der Waals surface area contributed by atoms with Gasteiger partial charge in [0.1, 0.15) is 11.9 Å². The van der Waals surface area contributed by atoms with E-state index in [4.69, 9.17) is 9.26 Å². The Morgan fingerprint density at radius 2 is 2.41 bits per heavy atom. The van der Waals surface area contributed by atoms with Crippen LogP contribution in [0.5, 0.6) is 0 Å². The van der Waals surface area contributed by atoms with E-state index in [1.165, 1.54) is 0 Å². The van der Waals surface area contributed by atoms with Gasteiger partial charge >= 0.3 is 0 Å². The first-order valence-corrected chi connectivity index (χ1v) is 7.53. The molecule has 1 fully saturated rings. The monoisotopic (exact) mass is 304 g/mol. The van der Waals surface area contributed by atoms with E-state index in [1.54, 1.807) is 19.2 Å². The number of nitrogens with one attached hydrogen (secondary N) is 1. The highest BCUT2D eigenvalue weighted by atomic mass is 16.5. The van der Waals surface area contributed by atoms with E-state index in [1.807, 2.05) is 6.20 Å². The van der Waals surface area contributed by atoms with E-state index in [9.17, 15) is 4.79 Å². The maximum absolute atomic E-state index is 12.0. The molecule has 2 atom stereocenters. The summed E-state index contributed by atoms with van der Waals surface area (Å²) in [4.78, 5) is 16.4. The SMILES string of the molecule is CCn1ccnc1[C@@H]1OCC[C@H]1CNC(=O)c1cc(C)no1.